The van der Waals surface area contributed by atoms with E-state index in [0.717, 1.165) is 45.8 Å². The van der Waals surface area contributed by atoms with Gasteiger partial charge in [0.1, 0.15) is 19.0 Å². The Balaban J connectivity index is 0.933. The molecule has 0 bridgehead atoms. The van der Waals surface area contributed by atoms with Crippen LogP contribution in [0.2, 0.25) is 0 Å². The molecule has 0 radical (unpaired) electrons. The zero-order valence-corrected chi connectivity index (χ0v) is 40.3. The molecule has 9 rings (SSSR count). The predicted octanol–water partition coefficient (Wildman–Crippen LogP) is 10.7. The van der Waals surface area contributed by atoms with Gasteiger partial charge in [-0.25, -0.2) is 0 Å². The summed E-state index contributed by atoms with van der Waals surface area (Å²) >= 11 is 0. The van der Waals surface area contributed by atoms with Crippen molar-refractivity contribution in [2.24, 2.45) is 9.98 Å². The molecule has 5 aromatic carbocycles. The fourth-order valence-corrected chi connectivity index (χ4v) is 11.6. The summed E-state index contributed by atoms with van der Waals surface area (Å²) in [4.78, 5) is 66.1. The molecule has 0 spiro atoms. The first kappa shape index (κ1) is 46.5. The zero-order chi connectivity index (χ0) is 47.5. The van der Waals surface area contributed by atoms with Crippen molar-refractivity contribution in [3.05, 3.63) is 124 Å². The molecule has 3 amide bonds. The molecule has 0 saturated heterocycles. The van der Waals surface area contributed by atoms with Crippen molar-refractivity contribution >= 4 is 86.0 Å². The van der Waals surface area contributed by atoms with Crippen molar-refractivity contribution in [3.63, 3.8) is 0 Å². The summed E-state index contributed by atoms with van der Waals surface area (Å²) in [6.45, 7) is 6.06. The Morgan fingerprint density at radius 2 is 1.22 bits per heavy atom. The molecular weight excluding hydrogens is 899 g/mol. The minimum absolute atomic E-state index is 0.0476. The van der Waals surface area contributed by atoms with Gasteiger partial charge in [0.2, 0.25) is 5.91 Å². The number of para-hydroxylation sites is 2. The molecule has 4 aliphatic heterocycles. The predicted molar refractivity (Wildman–Crippen MR) is 271 cm³/mol. The second kappa shape index (κ2) is 19.9. The van der Waals surface area contributed by atoms with Crippen LogP contribution in [-0.2, 0) is 35.6 Å². The standard InChI is InChI=1S/C53H53N5O8S2/c1-32(59)16-17-53(2,3)68-67-18-10-15-50(60)56-37-20-33(30-65-48-26-42-40(24-46(48)63-4)51(61)57-38(28-54-42)22-35-11-6-8-13-44(35)57)19-34(21-37)31-66-49-27-43-41(25-47(49)64-5)52(62)58-39(29-55-43)23-36-12-7-9-14-45(36)58/h6-9,11-14,19-21,24-29,38-39H,10,15-18,22-23,30-31H2,1-5H3,(H,56,60)/t38-,39-/m0/s1. The normalized spacial score (nSPS) is 16.4. The smallest absolute Gasteiger partial charge is 0.261 e. The number of rotatable bonds is 18. The summed E-state index contributed by atoms with van der Waals surface area (Å²) in [6, 6.07) is 27.9. The molecule has 5 aromatic rings. The van der Waals surface area contributed by atoms with Crippen molar-refractivity contribution in [1.29, 1.82) is 0 Å². The van der Waals surface area contributed by atoms with E-state index in [-0.39, 0.29) is 53.5 Å². The number of amides is 3. The Bertz CT molecular complexity index is 2700. The maximum atomic E-state index is 14.0. The van der Waals surface area contributed by atoms with Gasteiger partial charge in [-0.15, -0.1) is 0 Å². The van der Waals surface area contributed by atoms with Crippen LogP contribution in [0.3, 0.4) is 0 Å². The third kappa shape index (κ3) is 10.00. The maximum absolute atomic E-state index is 14.0. The van der Waals surface area contributed by atoms with Crippen molar-refractivity contribution in [2.75, 3.05) is 35.1 Å². The Morgan fingerprint density at radius 1 is 0.706 bits per heavy atom. The third-order valence-corrected chi connectivity index (χ3v) is 15.8. The number of hydrogen-bond donors (Lipinski definition) is 1. The summed E-state index contributed by atoms with van der Waals surface area (Å²) in [7, 11) is 6.53. The number of fused-ring (bicyclic) bond motifs is 8. The number of aliphatic imine (C=N–C) groups is 2. The van der Waals surface area contributed by atoms with Crippen molar-refractivity contribution in [3.8, 4) is 23.0 Å². The Hall–Kier alpha value is -6.58. The second-order valence-electron chi connectivity index (χ2n) is 17.9. The number of anilines is 3. The van der Waals surface area contributed by atoms with Crippen LogP contribution in [0.1, 0.15) is 89.4 Å². The molecule has 68 heavy (non-hydrogen) atoms. The van der Waals surface area contributed by atoms with E-state index in [1.54, 1.807) is 62.6 Å². The van der Waals surface area contributed by atoms with E-state index in [1.165, 1.54) is 14.2 Å². The number of ketones is 1. The summed E-state index contributed by atoms with van der Waals surface area (Å²) < 4.78 is 24.4. The van der Waals surface area contributed by atoms with Crippen LogP contribution in [-0.4, -0.2) is 72.7 Å². The molecule has 13 nitrogen and oxygen atoms in total. The van der Waals surface area contributed by atoms with Crippen LogP contribution < -0.4 is 34.1 Å². The molecule has 1 N–H and O–H groups in total. The number of hydrogen-bond acceptors (Lipinski definition) is 12. The second-order valence-corrected chi connectivity index (χ2v) is 21.0. The SMILES string of the molecule is COc1cc2c(cc1OCc1cc(COc3cc4c(cc3OC)C(=O)N3c5ccccc5C[C@H]3C=N4)cc(NC(=O)CCCSSC(C)(C)CCC(C)=O)c1)N=C[C@@H]1Cc3ccccc3N1C2=O. The largest absolute Gasteiger partial charge is 0.493 e. The van der Waals surface area contributed by atoms with E-state index in [1.807, 2.05) is 79.2 Å². The first-order chi connectivity index (χ1) is 32.9. The molecule has 0 fully saturated rings. The van der Waals surface area contributed by atoms with Gasteiger partial charge in [-0.1, -0.05) is 58.0 Å². The van der Waals surface area contributed by atoms with E-state index in [0.29, 0.717) is 83.3 Å². The number of benzene rings is 5. The monoisotopic (exact) mass is 951 g/mol. The van der Waals surface area contributed by atoms with Gasteiger partial charge in [-0.3, -0.25) is 34.2 Å². The Kier molecular flexibility index (Phi) is 13.6. The molecule has 4 heterocycles. The molecule has 350 valence electrons. The molecule has 4 aliphatic rings. The van der Waals surface area contributed by atoms with Crippen LogP contribution in [0.25, 0.3) is 0 Å². The maximum Gasteiger partial charge on any atom is 0.261 e. The Labute approximate surface area is 404 Å². The van der Waals surface area contributed by atoms with Crippen LogP contribution in [0.4, 0.5) is 28.4 Å². The number of Topliss-reactive ketones (excluding diaryl/α,β-unsaturated/α-hetero) is 1. The summed E-state index contributed by atoms with van der Waals surface area (Å²) in [5.41, 5.74) is 7.78. The molecule has 15 heteroatoms. The van der Waals surface area contributed by atoms with Gasteiger partial charge in [-0.2, -0.15) is 0 Å². The van der Waals surface area contributed by atoms with Gasteiger partial charge in [0.15, 0.2) is 23.0 Å². The molecule has 0 aromatic heterocycles. The average molecular weight is 952 g/mol. The van der Waals surface area contributed by atoms with E-state index >= 15 is 0 Å². The van der Waals surface area contributed by atoms with Crippen molar-refractivity contribution < 1.29 is 38.1 Å². The Morgan fingerprint density at radius 3 is 1.72 bits per heavy atom. The third-order valence-electron chi connectivity index (χ3n) is 12.4. The lowest BCUT2D eigenvalue weighted by Gasteiger charge is -2.22. The summed E-state index contributed by atoms with van der Waals surface area (Å²) in [5, 5.41) is 3.09. The molecule has 0 saturated carbocycles. The van der Waals surface area contributed by atoms with Gasteiger partial charge in [0.05, 0.1) is 48.8 Å². The van der Waals surface area contributed by atoms with Gasteiger partial charge in [0.25, 0.3) is 11.8 Å². The highest BCUT2D eigenvalue weighted by atomic mass is 33.1. The quantitative estimate of drug-likeness (QED) is 0.0665. The lowest BCUT2D eigenvalue weighted by atomic mass is 10.1. The van der Waals surface area contributed by atoms with E-state index in [9.17, 15) is 19.2 Å². The van der Waals surface area contributed by atoms with Crippen LogP contribution in [0, 0.1) is 0 Å². The van der Waals surface area contributed by atoms with E-state index in [2.05, 4.69) is 19.2 Å². The molecule has 0 unspecified atom stereocenters. The van der Waals surface area contributed by atoms with Crippen LogP contribution >= 0.6 is 21.6 Å². The first-order valence-corrected chi connectivity index (χ1v) is 25.0. The number of carbonyl (C=O) groups excluding carboxylic acids is 4. The van der Waals surface area contributed by atoms with E-state index in [4.69, 9.17) is 28.9 Å². The van der Waals surface area contributed by atoms with Gasteiger partial charge < -0.3 is 29.1 Å². The van der Waals surface area contributed by atoms with E-state index < -0.39 is 0 Å². The molecule has 2 atom stereocenters. The minimum Gasteiger partial charge on any atom is -0.493 e. The lowest BCUT2D eigenvalue weighted by molar-refractivity contribution is -0.117. The summed E-state index contributed by atoms with van der Waals surface area (Å²) in [6.07, 6.45) is 7.34. The minimum atomic E-state index is -0.202. The fraction of sp³-hybridized carbons (Fsp3) is 0.321. The fourth-order valence-electron chi connectivity index (χ4n) is 8.94. The zero-order valence-electron chi connectivity index (χ0n) is 38.7. The van der Waals surface area contributed by atoms with Gasteiger partial charge in [-0.05, 0) is 98.3 Å². The van der Waals surface area contributed by atoms with Crippen molar-refractivity contribution in [1.82, 2.24) is 0 Å². The highest BCUT2D eigenvalue weighted by molar-refractivity contribution is 8.77. The van der Waals surface area contributed by atoms with Crippen molar-refractivity contribution in [2.45, 2.75) is 89.3 Å². The molecule has 0 aliphatic carbocycles. The number of carbonyl (C=O) groups is 4. The highest BCUT2D eigenvalue weighted by Gasteiger charge is 2.38. The van der Waals surface area contributed by atoms with Crippen LogP contribution in [0.5, 0.6) is 23.0 Å². The van der Waals surface area contributed by atoms with Gasteiger partial charge >= 0.3 is 0 Å². The number of methoxy groups -OCH3 is 2. The number of nitrogens with one attached hydrogen (secondary N) is 1. The van der Waals surface area contributed by atoms with Gasteiger partial charge in [0, 0.05) is 77.8 Å². The number of ether oxygens (including phenoxy) is 4. The lowest BCUT2D eigenvalue weighted by Crippen LogP contribution is -2.37. The highest BCUT2D eigenvalue weighted by Crippen LogP contribution is 2.44. The number of nitrogens with zero attached hydrogens (tertiary/aromatic N) is 4. The average Bonchev–Trinajstić information content (AvgIpc) is 3.82. The van der Waals surface area contributed by atoms with Crippen LogP contribution in [0.15, 0.2) is 101 Å². The summed E-state index contributed by atoms with van der Waals surface area (Å²) in [5.74, 6) is 2.08. The topological polar surface area (TPSA) is 148 Å². The first-order valence-electron chi connectivity index (χ1n) is 22.7. The molecular formula is C53H53N5O8S2.